The molecule has 29 heavy (non-hydrogen) atoms. The van der Waals surface area contributed by atoms with E-state index in [1.54, 1.807) is 30.3 Å². The van der Waals surface area contributed by atoms with Crippen LogP contribution in [0.15, 0.2) is 65.6 Å². The van der Waals surface area contributed by atoms with Crippen LogP contribution in [0.4, 0.5) is 13.2 Å². The number of sulfonamides is 1. The Kier molecular flexibility index (Phi) is 5.63. The molecule has 1 N–H and O–H groups in total. The fourth-order valence-corrected chi connectivity index (χ4v) is 3.89. The van der Waals surface area contributed by atoms with Crippen molar-refractivity contribution in [3.05, 3.63) is 77.4 Å². The third kappa shape index (κ3) is 4.41. The fraction of sp³-hybridized carbons (Fsp3) is 0.150. The highest BCUT2D eigenvalue weighted by molar-refractivity contribution is 7.89. The maximum Gasteiger partial charge on any atom is 0.416 e. The molecule has 0 unspecified atom stereocenters. The molecule has 0 radical (unpaired) electrons. The van der Waals surface area contributed by atoms with Gasteiger partial charge in [-0.1, -0.05) is 30.3 Å². The molecule has 0 fully saturated rings. The largest absolute Gasteiger partial charge is 0.465 e. The molecule has 0 aromatic heterocycles. The van der Waals surface area contributed by atoms with Gasteiger partial charge in [0.05, 0.1) is 23.1 Å². The molecule has 0 atom stereocenters. The fourth-order valence-electron chi connectivity index (χ4n) is 2.88. The van der Waals surface area contributed by atoms with E-state index < -0.39 is 27.7 Å². The first kappa shape index (κ1) is 20.8. The molecule has 0 aliphatic heterocycles. The number of ether oxygens (including phenoxy) is 1. The first-order valence-electron chi connectivity index (χ1n) is 8.39. The van der Waals surface area contributed by atoms with Crippen molar-refractivity contribution in [2.75, 3.05) is 7.11 Å². The van der Waals surface area contributed by atoms with Gasteiger partial charge in [0.25, 0.3) is 0 Å². The topological polar surface area (TPSA) is 72.5 Å². The molecule has 3 rings (SSSR count). The number of carbonyl (C=O) groups excluding carboxylic acids is 1. The van der Waals surface area contributed by atoms with Crippen molar-refractivity contribution in [1.82, 2.24) is 4.72 Å². The van der Waals surface area contributed by atoms with Gasteiger partial charge in [-0.15, -0.1) is 0 Å². The van der Waals surface area contributed by atoms with Gasteiger partial charge in [-0.05, 0) is 46.7 Å². The number of rotatable bonds is 5. The van der Waals surface area contributed by atoms with Crippen LogP contribution in [0, 0.1) is 0 Å². The van der Waals surface area contributed by atoms with Crippen LogP contribution >= 0.6 is 0 Å². The third-order valence-electron chi connectivity index (χ3n) is 4.36. The number of hydrogen-bond donors (Lipinski definition) is 1. The molecule has 152 valence electrons. The lowest BCUT2D eigenvalue weighted by molar-refractivity contribution is -0.137. The van der Waals surface area contributed by atoms with E-state index in [1.807, 2.05) is 0 Å². The highest BCUT2D eigenvalue weighted by Crippen LogP contribution is 2.30. The molecular weight excluding hydrogens is 407 g/mol. The van der Waals surface area contributed by atoms with E-state index in [1.165, 1.54) is 13.2 Å². The molecule has 9 heteroatoms. The summed E-state index contributed by atoms with van der Waals surface area (Å²) in [4.78, 5) is 11.6. The molecule has 0 bridgehead atoms. The van der Waals surface area contributed by atoms with E-state index in [0.29, 0.717) is 21.9 Å². The van der Waals surface area contributed by atoms with E-state index in [2.05, 4.69) is 4.72 Å². The van der Waals surface area contributed by atoms with E-state index in [9.17, 15) is 26.4 Å². The Balaban J connectivity index is 1.87. The number of fused-ring (bicyclic) bond motifs is 1. The monoisotopic (exact) mass is 423 g/mol. The molecule has 5 nitrogen and oxygen atoms in total. The van der Waals surface area contributed by atoms with Crippen molar-refractivity contribution in [2.45, 2.75) is 17.6 Å². The predicted octanol–water partition coefficient (Wildman–Crippen LogP) is 4.12. The van der Waals surface area contributed by atoms with Crippen LogP contribution in [0.5, 0.6) is 0 Å². The van der Waals surface area contributed by atoms with Gasteiger partial charge in [0.2, 0.25) is 10.0 Å². The second-order valence-electron chi connectivity index (χ2n) is 6.16. The SMILES string of the molecule is COC(=O)c1ccc(CNS(=O)(=O)c2ccc(C(F)(F)F)cc2)c2ccccc12. The second kappa shape index (κ2) is 7.84. The van der Waals surface area contributed by atoms with Crippen LogP contribution in [0.1, 0.15) is 21.5 Å². The Morgan fingerprint density at radius 1 is 0.966 bits per heavy atom. The van der Waals surface area contributed by atoms with Crippen LogP contribution in [0.25, 0.3) is 10.8 Å². The van der Waals surface area contributed by atoms with Crippen molar-refractivity contribution < 1.29 is 31.1 Å². The Bertz CT molecular complexity index is 1160. The number of carbonyl (C=O) groups is 1. The quantitative estimate of drug-likeness (QED) is 0.627. The molecule has 0 spiro atoms. The first-order valence-corrected chi connectivity index (χ1v) is 9.87. The number of benzene rings is 3. The summed E-state index contributed by atoms with van der Waals surface area (Å²) >= 11 is 0. The zero-order chi connectivity index (χ0) is 21.2. The zero-order valence-electron chi connectivity index (χ0n) is 15.2. The molecule has 3 aromatic rings. The average molecular weight is 423 g/mol. The number of methoxy groups -OCH3 is 1. The maximum atomic E-state index is 12.7. The van der Waals surface area contributed by atoms with Crippen molar-refractivity contribution in [1.29, 1.82) is 0 Å². The molecule has 0 aliphatic carbocycles. The summed E-state index contributed by atoms with van der Waals surface area (Å²) in [5.41, 5.74) is 0.0158. The van der Waals surface area contributed by atoms with E-state index >= 15 is 0 Å². The van der Waals surface area contributed by atoms with Crippen molar-refractivity contribution >= 4 is 26.8 Å². The molecule has 3 aromatic carbocycles. The Morgan fingerprint density at radius 2 is 1.59 bits per heavy atom. The normalized spacial score (nSPS) is 12.1. The number of alkyl halides is 3. The number of nitrogens with one attached hydrogen (secondary N) is 1. The van der Waals surface area contributed by atoms with Gasteiger partial charge < -0.3 is 4.74 Å². The highest BCUT2D eigenvalue weighted by Gasteiger charge is 2.30. The number of hydrogen-bond acceptors (Lipinski definition) is 4. The summed E-state index contributed by atoms with van der Waals surface area (Å²) in [5, 5.41) is 1.26. The van der Waals surface area contributed by atoms with Crippen LogP contribution in [-0.4, -0.2) is 21.5 Å². The summed E-state index contributed by atoms with van der Waals surface area (Å²) in [7, 11) is -2.76. The first-order chi connectivity index (χ1) is 13.6. The van der Waals surface area contributed by atoms with Crippen molar-refractivity contribution in [2.24, 2.45) is 0 Å². The molecule has 0 aliphatic rings. The van der Waals surface area contributed by atoms with Gasteiger partial charge in [0.15, 0.2) is 0 Å². The van der Waals surface area contributed by atoms with Gasteiger partial charge in [0.1, 0.15) is 0 Å². The minimum Gasteiger partial charge on any atom is -0.465 e. The van der Waals surface area contributed by atoms with Gasteiger partial charge in [-0.3, -0.25) is 0 Å². The predicted molar refractivity (Wildman–Crippen MR) is 101 cm³/mol. The van der Waals surface area contributed by atoms with E-state index in [0.717, 1.165) is 24.3 Å². The average Bonchev–Trinajstić information content (AvgIpc) is 2.71. The van der Waals surface area contributed by atoms with E-state index in [-0.39, 0.29) is 11.4 Å². The van der Waals surface area contributed by atoms with Gasteiger partial charge in [-0.2, -0.15) is 13.2 Å². The summed E-state index contributed by atoms with van der Waals surface area (Å²) in [6.45, 7) is -0.106. The molecule has 0 heterocycles. The Labute approximate surface area is 165 Å². The van der Waals surface area contributed by atoms with Crippen molar-refractivity contribution in [3.63, 3.8) is 0 Å². The summed E-state index contributed by atoms with van der Waals surface area (Å²) in [6.07, 6.45) is -4.55. The molecule has 0 amide bonds. The van der Waals surface area contributed by atoms with Crippen molar-refractivity contribution in [3.8, 4) is 0 Å². The number of halogens is 3. The van der Waals surface area contributed by atoms with Crippen LogP contribution in [0.3, 0.4) is 0 Å². The van der Waals surface area contributed by atoms with E-state index in [4.69, 9.17) is 4.74 Å². The smallest absolute Gasteiger partial charge is 0.416 e. The standard InChI is InChI=1S/C20H16F3NO4S/c1-28-19(25)18-11-6-13(16-4-2-3-5-17(16)18)12-24-29(26,27)15-9-7-14(8-10-15)20(21,22)23/h2-11,24H,12H2,1H3. The van der Waals surface area contributed by atoms with Gasteiger partial charge >= 0.3 is 12.1 Å². The lowest BCUT2D eigenvalue weighted by atomic mass is 9.99. The third-order valence-corrected chi connectivity index (χ3v) is 5.78. The lowest BCUT2D eigenvalue weighted by Gasteiger charge is -2.12. The van der Waals surface area contributed by atoms with Crippen LogP contribution in [0.2, 0.25) is 0 Å². The minimum absolute atomic E-state index is 0.106. The highest BCUT2D eigenvalue weighted by atomic mass is 32.2. The zero-order valence-corrected chi connectivity index (χ0v) is 16.0. The lowest BCUT2D eigenvalue weighted by Crippen LogP contribution is -2.23. The molecular formula is C20H16F3NO4S. The van der Waals surface area contributed by atoms with Crippen LogP contribution in [-0.2, 0) is 27.5 Å². The Morgan fingerprint density at radius 3 is 2.17 bits per heavy atom. The minimum atomic E-state index is -4.55. The van der Waals surface area contributed by atoms with Gasteiger partial charge in [0, 0.05) is 6.54 Å². The Hall–Kier alpha value is -2.91. The number of esters is 1. The summed E-state index contributed by atoms with van der Waals surface area (Å²) in [6, 6.07) is 13.3. The second-order valence-corrected chi connectivity index (χ2v) is 7.92. The summed E-state index contributed by atoms with van der Waals surface area (Å²) < 4.78 is 70.0. The van der Waals surface area contributed by atoms with Crippen LogP contribution < -0.4 is 4.72 Å². The van der Waals surface area contributed by atoms with Gasteiger partial charge in [-0.25, -0.2) is 17.9 Å². The molecule has 0 saturated carbocycles. The summed E-state index contributed by atoms with van der Waals surface area (Å²) in [5.74, 6) is -0.516. The maximum absolute atomic E-state index is 12.7. The molecule has 0 saturated heterocycles.